The Bertz CT molecular complexity index is 652. The number of carbonyl (C=O) groups excluding carboxylic acids is 2. The third kappa shape index (κ3) is 5.26. The van der Waals surface area contributed by atoms with Crippen LogP contribution in [0.2, 0.25) is 0 Å². The van der Waals surface area contributed by atoms with Crippen molar-refractivity contribution in [2.45, 2.75) is 45.7 Å². The highest BCUT2D eigenvalue weighted by atomic mass is 16.6. The van der Waals surface area contributed by atoms with Gasteiger partial charge in [0, 0.05) is 29.8 Å². The lowest BCUT2D eigenvalue weighted by Crippen LogP contribution is -2.48. The summed E-state index contributed by atoms with van der Waals surface area (Å²) < 4.78 is 0. The molecule has 142 valence electrons. The molecule has 8 nitrogen and oxygen atoms in total. The van der Waals surface area contributed by atoms with Crippen molar-refractivity contribution >= 4 is 23.2 Å². The molecule has 2 amide bonds. The maximum Gasteiger partial charge on any atom is 0.269 e. The molecule has 0 spiro atoms. The predicted octanol–water partition coefficient (Wildman–Crippen LogP) is 2.16. The van der Waals surface area contributed by atoms with Crippen LogP contribution in [0, 0.1) is 16.0 Å². The molecule has 2 N–H and O–H groups in total. The minimum atomic E-state index is -0.478. The minimum Gasteiger partial charge on any atom is -0.354 e. The third-order valence-corrected chi connectivity index (χ3v) is 4.60. The Kier molecular flexibility index (Phi) is 6.68. The summed E-state index contributed by atoms with van der Waals surface area (Å²) in [6, 6.07) is 5.56. The normalized spacial score (nSPS) is 16.9. The Labute approximate surface area is 153 Å². The van der Waals surface area contributed by atoms with E-state index < -0.39 is 4.92 Å². The molecule has 2 rings (SSSR count). The number of likely N-dealkylation sites (tertiary alicyclic amines) is 1. The van der Waals surface area contributed by atoms with E-state index in [9.17, 15) is 19.7 Å². The summed E-state index contributed by atoms with van der Waals surface area (Å²) in [5, 5.41) is 16.4. The molecular weight excluding hydrogens is 336 g/mol. The lowest BCUT2D eigenvalue weighted by Gasteiger charge is -2.35. The van der Waals surface area contributed by atoms with Crippen molar-refractivity contribution in [1.82, 2.24) is 10.2 Å². The van der Waals surface area contributed by atoms with E-state index >= 15 is 0 Å². The Morgan fingerprint density at radius 2 is 1.73 bits per heavy atom. The van der Waals surface area contributed by atoms with Crippen LogP contribution in [-0.2, 0) is 9.59 Å². The Morgan fingerprint density at radius 1 is 1.15 bits per heavy atom. The van der Waals surface area contributed by atoms with Crippen LogP contribution in [0.25, 0.3) is 0 Å². The smallest absolute Gasteiger partial charge is 0.269 e. The zero-order valence-electron chi connectivity index (χ0n) is 15.4. The van der Waals surface area contributed by atoms with E-state index in [1.54, 1.807) is 0 Å². The summed E-state index contributed by atoms with van der Waals surface area (Å²) in [6.45, 7) is 7.08. The van der Waals surface area contributed by atoms with Crippen LogP contribution in [0.1, 0.15) is 33.6 Å². The number of carbonyl (C=O) groups is 2. The van der Waals surface area contributed by atoms with Gasteiger partial charge in [0.15, 0.2) is 0 Å². The van der Waals surface area contributed by atoms with Crippen LogP contribution in [0.15, 0.2) is 24.3 Å². The van der Waals surface area contributed by atoms with Gasteiger partial charge >= 0.3 is 0 Å². The predicted molar refractivity (Wildman–Crippen MR) is 98.8 cm³/mol. The quantitative estimate of drug-likeness (QED) is 0.596. The number of hydrogen-bond acceptors (Lipinski definition) is 5. The van der Waals surface area contributed by atoms with E-state index in [2.05, 4.69) is 15.5 Å². The van der Waals surface area contributed by atoms with Gasteiger partial charge in [-0.2, -0.15) is 0 Å². The standard InChI is InChI=1S/C18H26N4O4/c1-12(2)19-18(24)14-8-10-21(11-9-14)13(3)17(23)20-15-4-6-16(7-5-15)22(25)26/h4-7,12-14H,8-11H2,1-3H3,(H,19,24)(H,20,23). The molecule has 1 unspecified atom stereocenters. The number of amides is 2. The first kappa shape index (κ1) is 19.8. The van der Waals surface area contributed by atoms with Crippen molar-refractivity contribution in [3.63, 3.8) is 0 Å². The number of anilines is 1. The van der Waals surface area contributed by atoms with E-state index in [0.29, 0.717) is 18.8 Å². The molecule has 1 heterocycles. The van der Waals surface area contributed by atoms with Crippen LogP contribution in [0.3, 0.4) is 0 Å². The number of non-ortho nitro benzene ring substituents is 1. The van der Waals surface area contributed by atoms with Gasteiger partial charge in [-0.15, -0.1) is 0 Å². The molecule has 0 radical (unpaired) electrons. The van der Waals surface area contributed by atoms with Crippen molar-refractivity contribution in [3.05, 3.63) is 34.4 Å². The molecule has 1 saturated heterocycles. The van der Waals surface area contributed by atoms with Gasteiger partial charge in [0.25, 0.3) is 5.69 Å². The fourth-order valence-corrected chi connectivity index (χ4v) is 3.03. The second-order valence-electron chi connectivity index (χ2n) is 6.94. The molecule has 0 aromatic heterocycles. The van der Waals surface area contributed by atoms with Gasteiger partial charge < -0.3 is 10.6 Å². The molecule has 1 fully saturated rings. The van der Waals surface area contributed by atoms with Gasteiger partial charge in [-0.3, -0.25) is 24.6 Å². The maximum atomic E-state index is 12.4. The second kappa shape index (κ2) is 8.75. The summed E-state index contributed by atoms with van der Waals surface area (Å²) in [6.07, 6.45) is 1.46. The molecule has 1 aliphatic heterocycles. The highest BCUT2D eigenvalue weighted by Gasteiger charge is 2.29. The monoisotopic (exact) mass is 362 g/mol. The Morgan fingerprint density at radius 3 is 2.23 bits per heavy atom. The van der Waals surface area contributed by atoms with Crippen LogP contribution in [0.4, 0.5) is 11.4 Å². The number of piperidine rings is 1. The highest BCUT2D eigenvalue weighted by molar-refractivity contribution is 5.94. The fraction of sp³-hybridized carbons (Fsp3) is 0.556. The molecule has 1 aromatic rings. The first-order valence-electron chi connectivity index (χ1n) is 8.87. The summed E-state index contributed by atoms with van der Waals surface area (Å²) in [5.74, 6) is -0.0786. The van der Waals surface area contributed by atoms with Crippen molar-refractivity contribution in [2.75, 3.05) is 18.4 Å². The number of rotatable bonds is 6. The van der Waals surface area contributed by atoms with Gasteiger partial charge in [0.2, 0.25) is 11.8 Å². The molecular formula is C18H26N4O4. The SMILES string of the molecule is CC(C)NC(=O)C1CCN(C(C)C(=O)Nc2ccc([N+](=O)[O-])cc2)CC1. The van der Waals surface area contributed by atoms with Crippen molar-refractivity contribution in [2.24, 2.45) is 5.92 Å². The fourth-order valence-electron chi connectivity index (χ4n) is 3.03. The van der Waals surface area contributed by atoms with Crippen LogP contribution < -0.4 is 10.6 Å². The molecule has 0 aliphatic carbocycles. The summed E-state index contributed by atoms with van der Waals surface area (Å²) in [4.78, 5) is 36.7. The van der Waals surface area contributed by atoms with E-state index in [1.807, 2.05) is 20.8 Å². The van der Waals surface area contributed by atoms with E-state index in [4.69, 9.17) is 0 Å². The van der Waals surface area contributed by atoms with Crippen molar-refractivity contribution in [1.29, 1.82) is 0 Å². The maximum absolute atomic E-state index is 12.4. The number of benzene rings is 1. The summed E-state index contributed by atoms with van der Waals surface area (Å²) >= 11 is 0. The highest BCUT2D eigenvalue weighted by Crippen LogP contribution is 2.21. The molecule has 1 aromatic carbocycles. The summed E-state index contributed by atoms with van der Waals surface area (Å²) in [5.41, 5.74) is 0.511. The third-order valence-electron chi connectivity index (χ3n) is 4.60. The molecule has 26 heavy (non-hydrogen) atoms. The van der Waals surface area contributed by atoms with Crippen LogP contribution >= 0.6 is 0 Å². The van der Waals surface area contributed by atoms with Crippen molar-refractivity contribution in [3.8, 4) is 0 Å². The number of nitrogens with zero attached hydrogens (tertiary/aromatic N) is 2. The van der Waals surface area contributed by atoms with Gasteiger partial charge in [-0.05, 0) is 58.8 Å². The van der Waals surface area contributed by atoms with Gasteiger partial charge in [0.1, 0.15) is 0 Å². The molecule has 0 bridgehead atoms. The first-order valence-corrected chi connectivity index (χ1v) is 8.87. The minimum absolute atomic E-state index is 0.00131. The zero-order valence-corrected chi connectivity index (χ0v) is 15.4. The van der Waals surface area contributed by atoms with Gasteiger partial charge in [0.05, 0.1) is 11.0 Å². The van der Waals surface area contributed by atoms with Crippen LogP contribution in [0.5, 0.6) is 0 Å². The Balaban J connectivity index is 1.85. The topological polar surface area (TPSA) is 105 Å². The zero-order chi connectivity index (χ0) is 19.3. The largest absolute Gasteiger partial charge is 0.354 e. The van der Waals surface area contributed by atoms with E-state index in [1.165, 1.54) is 24.3 Å². The Hall–Kier alpha value is -2.48. The average Bonchev–Trinajstić information content (AvgIpc) is 2.61. The number of nitro benzene ring substituents is 1. The summed E-state index contributed by atoms with van der Waals surface area (Å²) in [7, 11) is 0. The molecule has 1 aliphatic rings. The van der Waals surface area contributed by atoms with Crippen molar-refractivity contribution < 1.29 is 14.5 Å². The molecule has 0 saturated carbocycles. The second-order valence-corrected chi connectivity index (χ2v) is 6.94. The van der Waals surface area contributed by atoms with Gasteiger partial charge in [-0.1, -0.05) is 0 Å². The first-order chi connectivity index (χ1) is 12.3. The lowest BCUT2D eigenvalue weighted by molar-refractivity contribution is -0.384. The average molecular weight is 362 g/mol. The van der Waals surface area contributed by atoms with Crippen LogP contribution in [-0.4, -0.2) is 46.8 Å². The molecule has 8 heteroatoms. The lowest BCUT2D eigenvalue weighted by atomic mass is 9.94. The number of nitro groups is 1. The van der Waals surface area contributed by atoms with E-state index in [0.717, 1.165) is 12.8 Å². The number of hydrogen-bond donors (Lipinski definition) is 2. The molecule has 1 atom stereocenters. The van der Waals surface area contributed by atoms with Gasteiger partial charge in [-0.25, -0.2) is 0 Å². The van der Waals surface area contributed by atoms with E-state index in [-0.39, 0.29) is 35.5 Å². The number of nitrogens with one attached hydrogen (secondary N) is 2.